The molecule has 3 N–H and O–H groups in total. The number of anilines is 1. The summed E-state index contributed by atoms with van der Waals surface area (Å²) in [4.78, 5) is 16.4. The van der Waals surface area contributed by atoms with Gasteiger partial charge in [-0.2, -0.15) is 13.2 Å². The van der Waals surface area contributed by atoms with E-state index in [0.717, 1.165) is 5.01 Å². The molecule has 0 spiro atoms. The summed E-state index contributed by atoms with van der Waals surface area (Å²) in [5.74, 6) is -0.377. The molecule has 0 aliphatic carbocycles. The van der Waals surface area contributed by atoms with E-state index in [1.807, 2.05) is 0 Å². The summed E-state index contributed by atoms with van der Waals surface area (Å²) in [6.07, 6.45) is -3.84. The van der Waals surface area contributed by atoms with Gasteiger partial charge in [0.2, 0.25) is 0 Å². The van der Waals surface area contributed by atoms with Crippen molar-refractivity contribution in [3.05, 3.63) is 39.8 Å². The van der Waals surface area contributed by atoms with Crippen LogP contribution in [-0.2, 0) is 6.42 Å². The minimum atomic E-state index is -4.42. The number of carbonyl (C=O) groups is 1. The Morgan fingerprint density at radius 2 is 2.17 bits per heavy atom. The summed E-state index contributed by atoms with van der Waals surface area (Å²) in [5.41, 5.74) is 6.46. The maximum atomic E-state index is 12.3. The summed E-state index contributed by atoms with van der Waals surface area (Å²) in [7, 11) is 0. The Bertz CT molecular complexity index is 716. The molecule has 1 aromatic carbocycles. The molecule has 0 saturated carbocycles. The van der Waals surface area contributed by atoms with Gasteiger partial charge >= 0.3 is 6.18 Å². The number of nitrogens with one attached hydrogen (secondary N) is 1. The van der Waals surface area contributed by atoms with Gasteiger partial charge in [-0.25, -0.2) is 4.98 Å². The van der Waals surface area contributed by atoms with Crippen LogP contribution in [0.5, 0.6) is 5.75 Å². The van der Waals surface area contributed by atoms with Gasteiger partial charge in [-0.15, -0.1) is 11.3 Å². The summed E-state index contributed by atoms with van der Waals surface area (Å²) in [5, 5.41) is 4.99. The number of benzene rings is 1. The first-order chi connectivity index (χ1) is 11.3. The first-order valence-corrected chi connectivity index (χ1v) is 7.93. The molecule has 0 radical (unpaired) electrons. The summed E-state index contributed by atoms with van der Waals surface area (Å²) < 4.78 is 41.5. The molecule has 24 heavy (non-hydrogen) atoms. The molecule has 0 bridgehead atoms. The zero-order valence-corrected chi connectivity index (χ0v) is 13.6. The SMILES string of the molecule is Cc1c(NC(=O)c2csc(CCN)n2)cccc1OCC(F)(F)F. The Morgan fingerprint density at radius 3 is 2.83 bits per heavy atom. The van der Waals surface area contributed by atoms with Gasteiger partial charge in [0.25, 0.3) is 5.91 Å². The highest BCUT2D eigenvalue weighted by atomic mass is 32.1. The average Bonchev–Trinajstić information content (AvgIpc) is 2.96. The number of alkyl halides is 3. The minimum Gasteiger partial charge on any atom is -0.484 e. The molecular formula is C15H16F3N3O2S. The second kappa shape index (κ2) is 7.63. The molecule has 9 heteroatoms. The van der Waals surface area contributed by atoms with Crippen LogP contribution in [0.25, 0.3) is 0 Å². The molecule has 0 fully saturated rings. The third-order valence-corrected chi connectivity index (χ3v) is 3.97. The van der Waals surface area contributed by atoms with E-state index < -0.39 is 18.7 Å². The van der Waals surface area contributed by atoms with Gasteiger partial charge in [0.15, 0.2) is 6.61 Å². The van der Waals surface area contributed by atoms with Crippen LogP contribution in [0.2, 0.25) is 0 Å². The van der Waals surface area contributed by atoms with E-state index in [9.17, 15) is 18.0 Å². The maximum Gasteiger partial charge on any atom is 0.422 e. The highest BCUT2D eigenvalue weighted by Crippen LogP contribution is 2.27. The van der Waals surface area contributed by atoms with E-state index in [0.29, 0.717) is 24.2 Å². The number of rotatable bonds is 6. The molecule has 5 nitrogen and oxygen atoms in total. The molecule has 2 aromatic rings. The Balaban J connectivity index is 2.10. The standard InChI is InChI=1S/C15H16F3N3O2S/c1-9-10(3-2-4-12(9)23-8-15(16,17)18)21-14(22)11-7-24-13(20-11)5-6-19/h2-4,7H,5-6,8,19H2,1H3,(H,21,22). The summed E-state index contributed by atoms with van der Waals surface area (Å²) in [6, 6.07) is 4.51. The fourth-order valence-corrected chi connectivity index (χ4v) is 2.70. The van der Waals surface area contributed by atoms with Crippen LogP contribution in [0.1, 0.15) is 21.1 Å². The molecule has 1 aromatic heterocycles. The molecule has 0 saturated heterocycles. The van der Waals surface area contributed by atoms with E-state index in [2.05, 4.69) is 10.3 Å². The predicted octanol–water partition coefficient (Wildman–Crippen LogP) is 3.15. The van der Waals surface area contributed by atoms with Crippen LogP contribution in [-0.4, -0.2) is 30.2 Å². The van der Waals surface area contributed by atoms with Gasteiger partial charge in [-0.1, -0.05) is 6.07 Å². The van der Waals surface area contributed by atoms with E-state index in [-0.39, 0.29) is 11.4 Å². The Hall–Kier alpha value is -2.13. The van der Waals surface area contributed by atoms with Gasteiger partial charge in [-0.05, 0) is 25.6 Å². The molecule has 0 aliphatic rings. The molecule has 1 amide bonds. The third-order valence-electron chi connectivity index (χ3n) is 3.07. The van der Waals surface area contributed by atoms with E-state index in [4.69, 9.17) is 10.5 Å². The van der Waals surface area contributed by atoms with Gasteiger partial charge in [0, 0.05) is 23.1 Å². The smallest absolute Gasteiger partial charge is 0.422 e. The number of carbonyl (C=O) groups excluding carboxylic acids is 1. The maximum absolute atomic E-state index is 12.3. The lowest BCUT2D eigenvalue weighted by Crippen LogP contribution is -2.20. The van der Waals surface area contributed by atoms with Crippen LogP contribution in [0.15, 0.2) is 23.6 Å². The summed E-state index contributed by atoms with van der Waals surface area (Å²) >= 11 is 1.33. The van der Waals surface area contributed by atoms with Crippen LogP contribution < -0.4 is 15.8 Å². The Morgan fingerprint density at radius 1 is 1.42 bits per heavy atom. The quantitative estimate of drug-likeness (QED) is 0.831. The minimum absolute atomic E-state index is 0.0622. The van der Waals surface area contributed by atoms with E-state index in [1.54, 1.807) is 18.4 Å². The lowest BCUT2D eigenvalue weighted by molar-refractivity contribution is -0.153. The number of aromatic nitrogens is 1. The molecular weight excluding hydrogens is 343 g/mol. The Labute approximate surface area is 140 Å². The monoisotopic (exact) mass is 359 g/mol. The number of hydrogen-bond donors (Lipinski definition) is 2. The highest BCUT2D eigenvalue weighted by Gasteiger charge is 2.28. The largest absolute Gasteiger partial charge is 0.484 e. The highest BCUT2D eigenvalue weighted by molar-refractivity contribution is 7.09. The van der Waals surface area contributed by atoms with Crippen molar-refractivity contribution >= 4 is 22.9 Å². The van der Waals surface area contributed by atoms with Gasteiger partial charge < -0.3 is 15.8 Å². The lowest BCUT2D eigenvalue weighted by Gasteiger charge is -2.14. The molecule has 0 atom stereocenters. The molecule has 2 rings (SSSR count). The molecule has 130 valence electrons. The first-order valence-electron chi connectivity index (χ1n) is 7.05. The van der Waals surface area contributed by atoms with Crippen molar-refractivity contribution in [3.63, 3.8) is 0 Å². The number of amides is 1. The first kappa shape index (κ1) is 18.2. The second-order valence-corrected chi connectivity index (χ2v) is 5.89. The number of thiazole rings is 1. The average molecular weight is 359 g/mol. The molecule has 0 unspecified atom stereocenters. The van der Waals surface area contributed by atoms with Crippen molar-refractivity contribution in [3.8, 4) is 5.75 Å². The second-order valence-electron chi connectivity index (χ2n) is 4.95. The molecule has 1 heterocycles. The van der Waals surface area contributed by atoms with Crippen molar-refractivity contribution in [2.24, 2.45) is 5.73 Å². The van der Waals surface area contributed by atoms with E-state index >= 15 is 0 Å². The number of halogens is 3. The number of nitrogens with two attached hydrogens (primary N) is 1. The van der Waals surface area contributed by atoms with Gasteiger partial charge in [-0.3, -0.25) is 4.79 Å². The number of ether oxygens (including phenoxy) is 1. The van der Waals surface area contributed by atoms with Crippen LogP contribution in [0.3, 0.4) is 0 Å². The zero-order valence-electron chi connectivity index (χ0n) is 12.8. The van der Waals surface area contributed by atoms with Crippen LogP contribution in [0.4, 0.5) is 18.9 Å². The van der Waals surface area contributed by atoms with Crippen molar-refractivity contribution < 1.29 is 22.7 Å². The number of hydrogen-bond acceptors (Lipinski definition) is 5. The number of nitrogens with zero attached hydrogens (tertiary/aromatic N) is 1. The topological polar surface area (TPSA) is 77.2 Å². The van der Waals surface area contributed by atoms with E-state index in [1.165, 1.54) is 23.5 Å². The van der Waals surface area contributed by atoms with Crippen molar-refractivity contribution in [1.82, 2.24) is 4.98 Å². The van der Waals surface area contributed by atoms with Gasteiger partial charge in [0.05, 0.1) is 5.01 Å². The Kier molecular flexibility index (Phi) is 5.79. The van der Waals surface area contributed by atoms with Crippen LogP contribution >= 0.6 is 11.3 Å². The lowest BCUT2D eigenvalue weighted by atomic mass is 10.1. The normalized spacial score (nSPS) is 11.4. The van der Waals surface area contributed by atoms with Crippen molar-refractivity contribution in [1.29, 1.82) is 0 Å². The third kappa shape index (κ3) is 4.93. The van der Waals surface area contributed by atoms with Crippen molar-refractivity contribution in [2.45, 2.75) is 19.5 Å². The zero-order chi connectivity index (χ0) is 17.7. The fraction of sp³-hybridized carbons (Fsp3) is 0.333. The molecule has 0 aliphatic heterocycles. The fourth-order valence-electron chi connectivity index (χ4n) is 1.91. The van der Waals surface area contributed by atoms with Crippen LogP contribution in [0, 0.1) is 6.92 Å². The summed E-state index contributed by atoms with van der Waals surface area (Å²) in [6.45, 7) is 0.619. The predicted molar refractivity (Wildman–Crippen MR) is 85.6 cm³/mol. The van der Waals surface area contributed by atoms with Crippen molar-refractivity contribution in [2.75, 3.05) is 18.5 Å². The van der Waals surface area contributed by atoms with Gasteiger partial charge in [0.1, 0.15) is 11.4 Å².